The Bertz CT molecular complexity index is 322. The van der Waals surface area contributed by atoms with Crippen LogP contribution in [0.5, 0.6) is 0 Å². The van der Waals surface area contributed by atoms with Crippen LogP contribution in [0.1, 0.15) is 0 Å². The van der Waals surface area contributed by atoms with E-state index in [0.29, 0.717) is 0 Å². The topological polar surface area (TPSA) is 186 Å². The molecule has 0 aliphatic heterocycles. The van der Waals surface area contributed by atoms with Crippen LogP contribution >= 0.6 is 0 Å². The standard InChI is InChI=1S/5CHO2.Fe/c5*2-1-3;/h5*(H,2,3);. The molecule has 16 heavy (non-hydrogen) atoms. The Balaban J connectivity index is 6.80. The normalized spacial score (nSPS) is 13.1. The van der Waals surface area contributed by atoms with E-state index in [1.54, 1.807) is 0 Å². The van der Waals surface area contributed by atoms with Crippen LogP contribution in [0, 0.1) is 0 Å². The summed E-state index contributed by atoms with van der Waals surface area (Å²) in [6.07, 6.45) is 0. The molecule has 0 unspecified atom stereocenters. The third-order valence-corrected chi connectivity index (χ3v) is 6.24. The molecule has 11 heteroatoms. The van der Waals surface area contributed by atoms with Crippen LogP contribution in [0.15, 0.2) is 0 Å². The van der Waals surface area contributed by atoms with Gasteiger partial charge in [-0.05, 0) is 0 Å². The molecule has 0 aliphatic rings. The Kier molecular flexibility index (Phi) is 3.01. The molecule has 0 saturated heterocycles. The van der Waals surface area contributed by atoms with Crippen molar-refractivity contribution in [2.24, 2.45) is 0 Å². The molecule has 0 aliphatic carbocycles. The van der Waals surface area contributed by atoms with E-state index in [1.807, 2.05) is 0 Å². The summed E-state index contributed by atoms with van der Waals surface area (Å²) in [6, 6.07) is 0. The quantitative estimate of drug-likeness (QED) is 0.456. The summed E-state index contributed by atoms with van der Waals surface area (Å²) >= 11 is -7.29. The van der Waals surface area contributed by atoms with E-state index in [-0.39, 0.29) is 0 Å². The zero-order chi connectivity index (χ0) is 13.3. The zero-order valence-electron chi connectivity index (χ0n) is 7.13. The molecule has 0 amide bonds. The number of carbonyl (C=O) groups is 5. The molecule has 0 saturated carbocycles. The Hall–Kier alpha value is -2.13. The van der Waals surface area contributed by atoms with Gasteiger partial charge in [-0.2, -0.15) is 0 Å². The summed E-state index contributed by atoms with van der Waals surface area (Å²) in [5, 5.41) is 42.5. The van der Waals surface area contributed by atoms with Crippen LogP contribution in [0.2, 0.25) is 0 Å². The van der Waals surface area contributed by atoms with Gasteiger partial charge in [0, 0.05) is 0 Å². The first-order chi connectivity index (χ1) is 7.06. The van der Waals surface area contributed by atoms with Crippen molar-refractivity contribution >= 4 is 24.3 Å². The van der Waals surface area contributed by atoms with Crippen LogP contribution in [0.25, 0.3) is 0 Å². The fraction of sp³-hybridized carbons (Fsp3) is 0. The minimum atomic E-state index is -7.29. The van der Waals surface area contributed by atoms with Crippen LogP contribution in [-0.4, -0.2) is 49.9 Å². The van der Waals surface area contributed by atoms with E-state index in [0.717, 1.165) is 0 Å². The average Bonchev–Trinajstić information content (AvgIpc) is 2.00. The van der Waals surface area contributed by atoms with Gasteiger partial charge in [0.25, 0.3) is 0 Å². The van der Waals surface area contributed by atoms with E-state index in [4.69, 9.17) is 25.5 Å². The number of rotatable bonds is 5. The van der Waals surface area contributed by atoms with E-state index >= 15 is 0 Å². The second-order valence-corrected chi connectivity index (χ2v) is 7.22. The van der Waals surface area contributed by atoms with Crippen molar-refractivity contribution in [2.45, 2.75) is 0 Å². The van der Waals surface area contributed by atoms with Crippen molar-refractivity contribution in [3.63, 3.8) is 0 Å². The molecule has 5 N–H and O–H groups in total. The van der Waals surface area contributed by atoms with Crippen molar-refractivity contribution in [1.29, 1.82) is 0 Å². The summed E-state index contributed by atoms with van der Waals surface area (Å²) in [6.45, 7) is 0. The SMILES string of the molecule is O=[C](O)[Fe]([C](=O)O)([C](=O)O)([C](=O)O)[C](=O)O. The van der Waals surface area contributed by atoms with Gasteiger partial charge in [-0.1, -0.05) is 0 Å². The summed E-state index contributed by atoms with van der Waals surface area (Å²) in [7, 11) is 0. The van der Waals surface area contributed by atoms with E-state index in [2.05, 4.69) is 0 Å². The fourth-order valence-electron chi connectivity index (χ4n) is 0.647. The van der Waals surface area contributed by atoms with Gasteiger partial charge in [0.05, 0.1) is 0 Å². The predicted octanol–water partition coefficient (Wildman–Crippen LogP) is 1.07. The number of carboxylic acid groups (broad SMARTS) is 5. The third kappa shape index (κ3) is 0.978. The Morgan fingerprint density at radius 3 is 0.625 bits per heavy atom. The average molecular weight is 281 g/mol. The first kappa shape index (κ1) is 13.9. The van der Waals surface area contributed by atoms with Gasteiger partial charge in [0.15, 0.2) is 0 Å². The summed E-state index contributed by atoms with van der Waals surface area (Å²) in [4.78, 5) is 38.7. The Labute approximate surface area is 86.3 Å². The maximum atomic E-state index is 10.6. The molecule has 0 rings (SSSR count). The Morgan fingerprint density at radius 1 is 0.500 bits per heavy atom. The molecule has 0 atom stereocenters. The molecule has 0 bridgehead atoms. The van der Waals surface area contributed by atoms with Gasteiger partial charge in [0.1, 0.15) is 0 Å². The van der Waals surface area contributed by atoms with Gasteiger partial charge in [-0.25, -0.2) is 0 Å². The molecule has 0 spiro atoms. The summed E-state index contributed by atoms with van der Waals surface area (Å²) < 4.78 is 0. The van der Waals surface area contributed by atoms with Crippen molar-refractivity contribution in [2.75, 3.05) is 0 Å². The van der Waals surface area contributed by atoms with E-state index < -0.39 is 36.1 Å². The predicted molar refractivity (Wildman–Crippen MR) is 40.1 cm³/mol. The monoisotopic (exact) mass is 281 g/mol. The Morgan fingerprint density at radius 2 is 0.625 bits per heavy atom. The third-order valence-electron chi connectivity index (χ3n) is 1.51. The second-order valence-electron chi connectivity index (χ2n) is 2.10. The van der Waals surface area contributed by atoms with E-state index in [9.17, 15) is 24.0 Å². The van der Waals surface area contributed by atoms with Crippen LogP contribution in [0.4, 0.5) is 24.0 Å². The van der Waals surface area contributed by atoms with Crippen molar-refractivity contribution < 1.29 is 61.3 Å². The summed E-state index contributed by atoms with van der Waals surface area (Å²) in [5.74, 6) is 0. The molecular formula is C5H5FeO10. The molecule has 0 radical (unpaired) electrons. The first-order valence-corrected chi connectivity index (χ1v) is 5.78. The molecular weight excluding hydrogens is 276 g/mol. The first-order valence-electron chi connectivity index (χ1n) is 3.02. The van der Waals surface area contributed by atoms with Gasteiger partial charge in [0.2, 0.25) is 0 Å². The second kappa shape index (κ2) is 3.47. The van der Waals surface area contributed by atoms with Crippen molar-refractivity contribution in [1.82, 2.24) is 0 Å². The van der Waals surface area contributed by atoms with Gasteiger partial charge < -0.3 is 0 Å². The molecule has 0 aromatic rings. The maximum absolute atomic E-state index is 10.6. The molecule has 0 fully saturated rings. The minimum absolute atomic E-state index is 2.90. The van der Waals surface area contributed by atoms with Gasteiger partial charge in [-0.15, -0.1) is 0 Å². The molecule has 0 aromatic carbocycles. The van der Waals surface area contributed by atoms with E-state index in [1.165, 1.54) is 0 Å². The van der Waals surface area contributed by atoms with Gasteiger partial charge >= 0.3 is 85.6 Å². The molecule has 0 heterocycles. The molecule has 93 valence electrons. The van der Waals surface area contributed by atoms with Crippen LogP contribution in [0.3, 0.4) is 0 Å². The molecule has 0 aromatic heterocycles. The zero-order valence-corrected chi connectivity index (χ0v) is 8.24. The fourth-order valence-corrected chi connectivity index (χ4v) is 2.67. The molecule has 10 nitrogen and oxygen atoms in total. The number of hydrogen-bond donors (Lipinski definition) is 5. The van der Waals surface area contributed by atoms with Crippen molar-refractivity contribution in [3.8, 4) is 0 Å². The number of hydrogen-bond acceptors (Lipinski definition) is 5. The van der Waals surface area contributed by atoms with Crippen LogP contribution in [-0.2, 0) is 11.8 Å². The van der Waals surface area contributed by atoms with Crippen molar-refractivity contribution in [3.05, 3.63) is 0 Å². The summed E-state index contributed by atoms with van der Waals surface area (Å²) in [5.41, 5.74) is 0. The van der Waals surface area contributed by atoms with Crippen LogP contribution < -0.4 is 0 Å². The van der Waals surface area contributed by atoms with Gasteiger partial charge in [-0.3, -0.25) is 0 Å².